The molecule has 0 fully saturated rings. The zero-order valence-electron chi connectivity index (χ0n) is 11.3. The molecular weight excluding hydrogens is 271 g/mol. The summed E-state index contributed by atoms with van der Waals surface area (Å²) in [6.45, 7) is 2.78. The largest absolute Gasteiger partial charge is 0.441 e. The molecule has 0 heterocycles. The van der Waals surface area contributed by atoms with E-state index in [1.807, 2.05) is 32.2 Å². The lowest BCUT2D eigenvalue weighted by Crippen LogP contribution is -2.22. The Morgan fingerprint density at radius 1 is 1.26 bits per heavy atom. The maximum absolute atomic E-state index is 12.1. The summed E-state index contributed by atoms with van der Waals surface area (Å²) in [6, 6.07) is 8.04. The molecule has 1 atom stereocenters. The highest BCUT2D eigenvalue weighted by Crippen LogP contribution is 2.31. The molecule has 0 saturated heterocycles. The van der Waals surface area contributed by atoms with Gasteiger partial charge in [-0.3, -0.25) is 0 Å². The van der Waals surface area contributed by atoms with Crippen LogP contribution >= 0.6 is 11.8 Å². The Labute approximate surface area is 117 Å². The van der Waals surface area contributed by atoms with Crippen LogP contribution in [0, 0.1) is 12.8 Å². The van der Waals surface area contributed by atoms with Crippen LogP contribution in [0.15, 0.2) is 24.3 Å². The van der Waals surface area contributed by atoms with Gasteiger partial charge in [0.05, 0.1) is 0 Å². The van der Waals surface area contributed by atoms with Gasteiger partial charge in [-0.2, -0.15) is 13.2 Å². The summed E-state index contributed by atoms with van der Waals surface area (Å²) in [6.07, 6.45) is 1.39. The van der Waals surface area contributed by atoms with Crippen molar-refractivity contribution in [2.24, 2.45) is 5.92 Å². The van der Waals surface area contributed by atoms with Crippen LogP contribution in [-0.4, -0.2) is 24.9 Å². The molecule has 0 aliphatic heterocycles. The molecule has 1 unspecified atom stereocenters. The van der Waals surface area contributed by atoms with Crippen molar-refractivity contribution in [2.45, 2.75) is 25.3 Å². The van der Waals surface area contributed by atoms with Gasteiger partial charge in [0.2, 0.25) is 0 Å². The van der Waals surface area contributed by atoms with Crippen LogP contribution < -0.4 is 5.32 Å². The molecule has 19 heavy (non-hydrogen) atoms. The Hall–Kier alpha value is -0.680. The van der Waals surface area contributed by atoms with Crippen molar-refractivity contribution in [1.29, 1.82) is 0 Å². The molecule has 1 nitrogen and oxygen atoms in total. The van der Waals surface area contributed by atoms with Gasteiger partial charge in [0.25, 0.3) is 0 Å². The Kier molecular flexibility index (Phi) is 6.72. The second-order valence-electron chi connectivity index (χ2n) is 4.64. The van der Waals surface area contributed by atoms with Gasteiger partial charge < -0.3 is 5.32 Å². The van der Waals surface area contributed by atoms with Crippen molar-refractivity contribution in [3.05, 3.63) is 35.4 Å². The first-order valence-corrected chi connectivity index (χ1v) is 7.30. The number of halogens is 3. The summed E-state index contributed by atoms with van der Waals surface area (Å²) in [4.78, 5) is 0. The lowest BCUT2D eigenvalue weighted by atomic mass is 9.94. The maximum Gasteiger partial charge on any atom is 0.441 e. The number of benzene rings is 1. The quantitative estimate of drug-likeness (QED) is 0.814. The van der Waals surface area contributed by atoms with E-state index in [2.05, 4.69) is 11.4 Å². The van der Waals surface area contributed by atoms with Crippen LogP contribution in [-0.2, 0) is 6.42 Å². The van der Waals surface area contributed by atoms with E-state index in [-0.39, 0.29) is 23.4 Å². The van der Waals surface area contributed by atoms with Gasteiger partial charge in [-0.05, 0) is 50.4 Å². The molecule has 1 rings (SSSR count). The van der Waals surface area contributed by atoms with Crippen molar-refractivity contribution in [3.8, 4) is 0 Å². The van der Waals surface area contributed by atoms with Gasteiger partial charge in [-0.15, -0.1) is 0 Å². The molecular formula is C14H20F3NS. The first kappa shape index (κ1) is 16.4. The van der Waals surface area contributed by atoms with Gasteiger partial charge in [-0.25, -0.2) is 0 Å². The summed E-state index contributed by atoms with van der Waals surface area (Å²) in [5, 5.41) is 3.06. The first-order valence-electron chi connectivity index (χ1n) is 6.32. The van der Waals surface area contributed by atoms with Crippen LogP contribution in [0.3, 0.4) is 0 Å². The number of hydrogen-bond acceptors (Lipinski definition) is 2. The van der Waals surface area contributed by atoms with Crippen LogP contribution in [0.1, 0.15) is 17.5 Å². The van der Waals surface area contributed by atoms with Crippen molar-refractivity contribution >= 4 is 11.8 Å². The minimum Gasteiger partial charge on any atom is -0.319 e. The standard InChI is InChI=1S/C14H20F3NS/c1-11-5-3-4-6-13(11)9-12(10-18-2)7-8-19-14(15,16)17/h3-6,12,18H,7-10H2,1-2H3. The second kappa shape index (κ2) is 7.80. The molecule has 0 radical (unpaired) electrons. The maximum atomic E-state index is 12.1. The highest BCUT2D eigenvalue weighted by molar-refractivity contribution is 8.00. The minimum absolute atomic E-state index is 0.0747. The summed E-state index contributed by atoms with van der Waals surface area (Å²) in [7, 11) is 1.84. The summed E-state index contributed by atoms with van der Waals surface area (Å²) in [5.74, 6) is 0.364. The van der Waals surface area contributed by atoms with E-state index in [1.165, 1.54) is 11.1 Å². The summed E-state index contributed by atoms with van der Waals surface area (Å²) in [5.41, 5.74) is -1.70. The number of rotatable bonds is 7. The highest BCUT2D eigenvalue weighted by Gasteiger charge is 2.28. The van der Waals surface area contributed by atoms with Crippen LogP contribution in [0.25, 0.3) is 0 Å². The number of thioether (sulfide) groups is 1. The van der Waals surface area contributed by atoms with Gasteiger partial charge in [0.1, 0.15) is 0 Å². The van der Waals surface area contributed by atoms with E-state index in [0.717, 1.165) is 13.0 Å². The third-order valence-corrected chi connectivity index (χ3v) is 3.82. The molecule has 0 aliphatic rings. The summed E-state index contributed by atoms with van der Waals surface area (Å²) < 4.78 is 36.4. The van der Waals surface area contributed by atoms with E-state index in [4.69, 9.17) is 0 Å². The van der Waals surface area contributed by atoms with Gasteiger partial charge in [0, 0.05) is 5.75 Å². The molecule has 0 spiro atoms. The van der Waals surface area contributed by atoms with E-state index in [0.29, 0.717) is 6.42 Å². The molecule has 0 bridgehead atoms. The van der Waals surface area contributed by atoms with Crippen molar-refractivity contribution < 1.29 is 13.2 Å². The Morgan fingerprint density at radius 2 is 1.95 bits per heavy atom. The molecule has 1 N–H and O–H groups in total. The van der Waals surface area contributed by atoms with Crippen LogP contribution in [0.4, 0.5) is 13.2 Å². The first-order chi connectivity index (χ1) is 8.92. The van der Waals surface area contributed by atoms with Crippen molar-refractivity contribution in [1.82, 2.24) is 5.32 Å². The molecule has 0 saturated carbocycles. The number of nitrogens with one attached hydrogen (secondary N) is 1. The SMILES string of the molecule is CNCC(CCSC(F)(F)F)Cc1ccccc1C. The molecule has 0 aliphatic carbocycles. The fourth-order valence-electron chi connectivity index (χ4n) is 2.06. The van der Waals surface area contributed by atoms with Gasteiger partial charge in [-0.1, -0.05) is 36.0 Å². The zero-order valence-corrected chi connectivity index (χ0v) is 12.1. The topological polar surface area (TPSA) is 12.0 Å². The average Bonchev–Trinajstić information content (AvgIpc) is 2.30. The fourth-order valence-corrected chi connectivity index (χ4v) is 2.74. The monoisotopic (exact) mass is 291 g/mol. The lowest BCUT2D eigenvalue weighted by molar-refractivity contribution is -0.0328. The summed E-state index contributed by atoms with van der Waals surface area (Å²) >= 11 is 0.0747. The smallest absolute Gasteiger partial charge is 0.319 e. The average molecular weight is 291 g/mol. The van der Waals surface area contributed by atoms with Crippen LogP contribution in [0.5, 0.6) is 0 Å². The van der Waals surface area contributed by atoms with Gasteiger partial charge in [0.15, 0.2) is 0 Å². The predicted octanol–water partition coefficient (Wildman–Crippen LogP) is 4.02. The van der Waals surface area contributed by atoms with Crippen LogP contribution in [0.2, 0.25) is 0 Å². The third-order valence-electron chi connectivity index (χ3n) is 3.05. The van der Waals surface area contributed by atoms with E-state index < -0.39 is 5.51 Å². The van der Waals surface area contributed by atoms with Crippen molar-refractivity contribution in [2.75, 3.05) is 19.3 Å². The molecule has 108 valence electrons. The Balaban J connectivity index is 2.51. The molecule has 1 aromatic rings. The highest BCUT2D eigenvalue weighted by atomic mass is 32.2. The van der Waals surface area contributed by atoms with Crippen molar-refractivity contribution in [3.63, 3.8) is 0 Å². The normalized spacial score (nSPS) is 13.5. The number of alkyl halides is 3. The molecule has 5 heteroatoms. The Morgan fingerprint density at radius 3 is 2.53 bits per heavy atom. The number of hydrogen-bond donors (Lipinski definition) is 1. The number of aryl methyl sites for hydroxylation is 1. The second-order valence-corrected chi connectivity index (χ2v) is 5.80. The minimum atomic E-state index is -4.12. The van der Waals surface area contributed by atoms with Gasteiger partial charge >= 0.3 is 5.51 Å². The molecule has 0 aromatic heterocycles. The van der Waals surface area contributed by atoms with E-state index in [9.17, 15) is 13.2 Å². The lowest BCUT2D eigenvalue weighted by Gasteiger charge is -2.18. The molecule has 1 aromatic carbocycles. The fraction of sp³-hybridized carbons (Fsp3) is 0.571. The third kappa shape index (κ3) is 6.87. The van der Waals surface area contributed by atoms with E-state index in [1.54, 1.807) is 0 Å². The zero-order chi connectivity index (χ0) is 14.3. The predicted molar refractivity (Wildman–Crippen MR) is 75.4 cm³/mol. The Bertz CT molecular complexity index is 379. The van der Waals surface area contributed by atoms with E-state index >= 15 is 0 Å². The molecule has 0 amide bonds.